The van der Waals surface area contributed by atoms with E-state index in [0.29, 0.717) is 5.92 Å². The first-order valence-electron chi connectivity index (χ1n) is 6.56. The summed E-state index contributed by atoms with van der Waals surface area (Å²) in [5.41, 5.74) is 6.39. The van der Waals surface area contributed by atoms with Gasteiger partial charge in [-0.1, -0.05) is 15.9 Å². The Balaban J connectivity index is 2.03. The number of carbonyl (C=O) groups excluding carboxylic acids is 1. The number of hydrogen-bond donors (Lipinski definition) is 1. The van der Waals surface area contributed by atoms with Gasteiger partial charge in [0.15, 0.2) is 0 Å². The van der Waals surface area contributed by atoms with E-state index in [1.165, 1.54) is 0 Å². The van der Waals surface area contributed by atoms with E-state index in [0.717, 1.165) is 52.5 Å². The molecule has 0 radical (unpaired) electrons. The number of likely N-dealkylation sites (tertiary alicyclic amines) is 1. The number of nitrogens with two attached hydrogens (primary N) is 1. The number of hydrogen-bond acceptors (Lipinski definition) is 2. The zero-order valence-electron chi connectivity index (χ0n) is 10.7. The zero-order chi connectivity index (χ0) is 13.8. The summed E-state index contributed by atoms with van der Waals surface area (Å²) in [6.07, 6.45) is 3.23. The summed E-state index contributed by atoms with van der Waals surface area (Å²) in [4.78, 5) is 14.5. The third kappa shape index (κ3) is 3.92. The molecule has 2 N–H and O–H groups in total. The summed E-state index contributed by atoms with van der Waals surface area (Å²) in [6.45, 7) is 2.46. The summed E-state index contributed by atoms with van der Waals surface area (Å²) in [6, 6.07) is 5.85. The van der Waals surface area contributed by atoms with Crippen LogP contribution in [-0.4, -0.2) is 30.4 Å². The highest BCUT2D eigenvalue weighted by Crippen LogP contribution is 2.24. The summed E-state index contributed by atoms with van der Waals surface area (Å²) < 4.78 is 1.96. The molecule has 1 aromatic rings. The van der Waals surface area contributed by atoms with Crippen molar-refractivity contribution in [1.29, 1.82) is 0 Å². The van der Waals surface area contributed by atoms with Crippen LogP contribution in [0.15, 0.2) is 22.7 Å². The SMILES string of the molecule is NCCC1CCN(C(=O)c2cc(Br)ccc2I)CC1. The van der Waals surface area contributed by atoms with E-state index in [1.807, 2.05) is 23.1 Å². The van der Waals surface area contributed by atoms with Gasteiger partial charge in [0.2, 0.25) is 0 Å². The highest BCUT2D eigenvalue weighted by Gasteiger charge is 2.24. The fourth-order valence-corrected chi connectivity index (χ4v) is 3.42. The predicted molar refractivity (Wildman–Crippen MR) is 89.2 cm³/mol. The van der Waals surface area contributed by atoms with E-state index in [-0.39, 0.29) is 5.91 Å². The zero-order valence-corrected chi connectivity index (χ0v) is 14.5. The second kappa shape index (κ2) is 7.04. The quantitative estimate of drug-likeness (QED) is 0.739. The van der Waals surface area contributed by atoms with Gasteiger partial charge < -0.3 is 10.6 Å². The van der Waals surface area contributed by atoms with E-state index in [9.17, 15) is 4.79 Å². The topological polar surface area (TPSA) is 46.3 Å². The van der Waals surface area contributed by atoms with Gasteiger partial charge in [0.25, 0.3) is 5.91 Å². The van der Waals surface area contributed by atoms with Crippen LogP contribution in [0.2, 0.25) is 0 Å². The maximum absolute atomic E-state index is 12.5. The predicted octanol–water partition coefficient (Wildman–Crippen LogP) is 3.25. The molecule has 1 amide bonds. The minimum atomic E-state index is 0.150. The molecule has 2 rings (SSSR count). The average Bonchev–Trinajstić information content (AvgIpc) is 2.42. The molecule has 1 aliphatic heterocycles. The van der Waals surface area contributed by atoms with Gasteiger partial charge in [0, 0.05) is 21.1 Å². The molecule has 1 saturated heterocycles. The third-order valence-corrected chi connectivity index (χ3v) is 5.07. The Hall–Kier alpha value is -0.140. The molecule has 0 bridgehead atoms. The van der Waals surface area contributed by atoms with E-state index >= 15 is 0 Å². The molecule has 0 saturated carbocycles. The van der Waals surface area contributed by atoms with Crippen LogP contribution < -0.4 is 5.73 Å². The lowest BCUT2D eigenvalue weighted by molar-refractivity contribution is 0.0687. The van der Waals surface area contributed by atoms with Crippen molar-refractivity contribution in [2.75, 3.05) is 19.6 Å². The number of benzene rings is 1. The third-order valence-electron chi connectivity index (χ3n) is 3.64. The van der Waals surface area contributed by atoms with E-state index in [4.69, 9.17) is 5.73 Å². The smallest absolute Gasteiger partial charge is 0.254 e. The van der Waals surface area contributed by atoms with Crippen molar-refractivity contribution < 1.29 is 4.79 Å². The summed E-state index contributed by atoms with van der Waals surface area (Å²) in [5.74, 6) is 0.840. The van der Waals surface area contributed by atoms with Crippen LogP contribution in [0.1, 0.15) is 29.6 Å². The van der Waals surface area contributed by atoms with Crippen LogP contribution in [0.25, 0.3) is 0 Å². The molecule has 5 heteroatoms. The highest BCUT2D eigenvalue weighted by atomic mass is 127. The molecule has 104 valence electrons. The summed E-state index contributed by atoms with van der Waals surface area (Å²) in [7, 11) is 0. The lowest BCUT2D eigenvalue weighted by atomic mass is 9.93. The fraction of sp³-hybridized carbons (Fsp3) is 0.500. The van der Waals surface area contributed by atoms with Gasteiger partial charge >= 0.3 is 0 Å². The Morgan fingerprint density at radius 1 is 1.42 bits per heavy atom. The Morgan fingerprint density at radius 2 is 2.11 bits per heavy atom. The van der Waals surface area contributed by atoms with Gasteiger partial charge in [0.1, 0.15) is 0 Å². The maximum Gasteiger partial charge on any atom is 0.254 e. The molecule has 19 heavy (non-hydrogen) atoms. The molecule has 3 nitrogen and oxygen atoms in total. The lowest BCUT2D eigenvalue weighted by Gasteiger charge is -2.32. The van der Waals surface area contributed by atoms with E-state index in [2.05, 4.69) is 38.5 Å². The van der Waals surface area contributed by atoms with Crippen LogP contribution in [0.5, 0.6) is 0 Å². The minimum Gasteiger partial charge on any atom is -0.339 e. The van der Waals surface area contributed by atoms with Crippen LogP contribution in [0, 0.1) is 9.49 Å². The van der Waals surface area contributed by atoms with Crippen molar-refractivity contribution in [2.24, 2.45) is 11.7 Å². The summed E-state index contributed by atoms with van der Waals surface area (Å²) >= 11 is 5.65. The van der Waals surface area contributed by atoms with Crippen molar-refractivity contribution in [3.63, 3.8) is 0 Å². The van der Waals surface area contributed by atoms with Gasteiger partial charge in [-0.3, -0.25) is 4.79 Å². The molecular formula is C14H18BrIN2O. The molecule has 0 unspecified atom stereocenters. The van der Waals surface area contributed by atoms with Gasteiger partial charge in [-0.2, -0.15) is 0 Å². The highest BCUT2D eigenvalue weighted by molar-refractivity contribution is 14.1. The number of amides is 1. The molecule has 1 aromatic carbocycles. The van der Waals surface area contributed by atoms with Crippen LogP contribution in [0.3, 0.4) is 0 Å². The first-order chi connectivity index (χ1) is 9.11. The number of nitrogens with zero attached hydrogens (tertiary/aromatic N) is 1. The molecule has 1 aliphatic rings. The van der Waals surface area contributed by atoms with Crippen molar-refractivity contribution in [3.05, 3.63) is 31.8 Å². The van der Waals surface area contributed by atoms with Crippen LogP contribution in [0.4, 0.5) is 0 Å². The van der Waals surface area contributed by atoms with Crippen molar-refractivity contribution in [3.8, 4) is 0 Å². The number of carbonyl (C=O) groups is 1. The van der Waals surface area contributed by atoms with Crippen LogP contribution >= 0.6 is 38.5 Å². The van der Waals surface area contributed by atoms with E-state index < -0.39 is 0 Å². The normalized spacial score (nSPS) is 16.7. The first-order valence-corrected chi connectivity index (χ1v) is 8.43. The van der Waals surface area contributed by atoms with E-state index in [1.54, 1.807) is 0 Å². The Bertz CT molecular complexity index is 459. The Morgan fingerprint density at radius 3 is 2.74 bits per heavy atom. The Kier molecular flexibility index (Phi) is 5.65. The number of piperidine rings is 1. The second-order valence-corrected chi connectivity index (χ2v) is 7.01. The van der Waals surface area contributed by atoms with Crippen LogP contribution in [-0.2, 0) is 0 Å². The molecule has 1 fully saturated rings. The molecule has 0 spiro atoms. The molecule has 1 heterocycles. The largest absolute Gasteiger partial charge is 0.339 e. The standard InChI is InChI=1S/C14H18BrIN2O/c15-11-1-2-13(16)12(9-11)14(19)18-7-4-10(3-6-17)5-8-18/h1-2,9-10H,3-8,17H2. The molecule has 0 aromatic heterocycles. The number of halogens is 2. The minimum absolute atomic E-state index is 0.150. The van der Waals surface area contributed by atoms with Gasteiger partial charge in [0.05, 0.1) is 5.56 Å². The van der Waals surface area contributed by atoms with Gasteiger partial charge in [-0.05, 0) is 72.5 Å². The Labute approximate surface area is 136 Å². The molecule has 0 atom stereocenters. The van der Waals surface area contributed by atoms with Gasteiger partial charge in [-0.15, -0.1) is 0 Å². The maximum atomic E-state index is 12.5. The molecular weight excluding hydrogens is 419 g/mol. The average molecular weight is 437 g/mol. The van der Waals surface area contributed by atoms with Gasteiger partial charge in [-0.25, -0.2) is 0 Å². The van der Waals surface area contributed by atoms with Crippen molar-refractivity contribution in [1.82, 2.24) is 4.90 Å². The van der Waals surface area contributed by atoms with Crippen molar-refractivity contribution >= 4 is 44.4 Å². The lowest BCUT2D eigenvalue weighted by Crippen LogP contribution is -2.39. The summed E-state index contributed by atoms with van der Waals surface area (Å²) in [5, 5.41) is 0. The molecule has 0 aliphatic carbocycles. The van der Waals surface area contributed by atoms with Crippen molar-refractivity contribution in [2.45, 2.75) is 19.3 Å². The fourth-order valence-electron chi connectivity index (χ4n) is 2.49. The number of rotatable bonds is 3. The monoisotopic (exact) mass is 436 g/mol. The first kappa shape index (κ1) is 15.3. The second-order valence-electron chi connectivity index (χ2n) is 4.94.